The summed E-state index contributed by atoms with van der Waals surface area (Å²) in [6.45, 7) is 9.71. The van der Waals surface area contributed by atoms with E-state index in [1.807, 2.05) is 35.0 Å². The Bertz CT molecular complexity index is 1440. The van der Waals surface area contributed by atoms with Crippen LogP contribution in [0.2, 0.25) is 0 Å². The molecule has 1 aliphatic carbocycles. The van der Waals surface area contributed by atoms with Gasteiger partial charge in [0.1, 0.15) is 0 Å². The normalized spacial score (nSPS) is 18.4. The summed E-state index contributed by atoms with van der Waals surface area (Å²) >= 11 is 0. The van der Waals surface area contributed by atoms with Gasteiger partial charge in [-0.2, -0.15) is 5.21 Å². The molecule has 1 saturated carbocycles. The zero-order valence-electron chi connectivity index (χ0n) is 24.4. The minimum atomic E-state index is 0.104. The van der Waals surface area contributed by atoms with Crippen LogP contribution in [0, 0.1) is 11.3 Å². The van der Waals surface area contributed by atoms with Gasteiger partial charge < -0.3 is 0 Å². The Kier molecular flexibility index (Phi) is 8.62. The summed E-state index contributed by atoms with van der Waals surface area (Å²) in [6, 6.07) is 10.3. The predicted octanol–water partition coefficient (Wildman–Crippen LogP) is 6.84. The summed E-state index contributed by atoms with van der Waals surface area (Å²) < 4.78 is 4.11. The van der Waals surface area contributed by atoms with Crippen molar-refractivity contribution >= 4 is 0 Å². The summed E-state index contributed by atoms with van der Waals surface area (Å²) in [5.41, 5.74) is 5.27. The van der Waals surface area contributed by atoms with Crippen LogP contribution in [0.15, 0.2) is 53.7 Å². The Hall–Kier alpha value is -3.55. The first kappa shape index (κ1) is 28.0. The lowest BCUT2D eigenvalue weighted by atomic mass is 9.71. The van der Waals surface area contributed by atoms with Crippen molar-refractivity contribution in [3.05, 3.63) is 70.7 Å². The smallest absolute Gasteiger partial charge is 0.296 e. The number of aromatic nitrogens is 7. The van der Waals surface area contributed by atoms with Crippen molar-refractivity contribution in [3.63, 3.8) is 0 Å². The molecular formula is C32H43N7O. The molecule has 0 radical (unpaired) electrons. The molecule has 2 unspecified atom stereocenters. The fraction of sp³-hybridized carbons (Fsp3) is 0.531. The van der Waals surface area contributed by atoms with Gasteiger partial charge in [0.05, 0.1) is 6.54 Å². The fourth-order valence-electron chi connectivity index (χ4n) is 6.49. The van der Waals surface area contributed by atoms with Crippen LogP contribution in [0.25, 0.3) is 22.5 Å². The summed E-state index contributed by atoms with van der Waals surface area (Å²) in [7, 11) is 0. The Morgan fingerprint density at radius 3 is 2.50 bits per heavy atom. The van der Waals surface area contributed by atoms with E-state index in [0.29, 0.717) is 18.3 Å². The Labute approximate surface area is 237 Å². The molecule has 2 atom stereocenters. The monoisotopic (exact) mass is 541 g/mol. The van der Waals surface area contributed by atoms with Gasteiger partial charge in [0.2, 0.25) is 5.82 Å². The highest BCUT2D eigenvalue weighted by molar-refractivity contribution is 5.81. The van der Waals surface area contributed by atoms with E-state index in [4.69, 9.17) is 0 Å². The van der Waals surface area contributed by atoms with Crippen LogP contribution in [0.4, 0.5) is 0 Å². The van der Waals surface area contributed by atoms with Crippen molar-refractivity contribution in [2.45, 2.75) is 98.1 Å². The highest BCUT2D eigenvalue weighted by Crippen LogP contribution is 2.42. The average Bonchev–Trinajstić information content (AvgIpc) is 3.56. The maximum atomic E-state index is 14.3. The number of rotatable bonds is 8. The number of hydrogen-bond acceptors (Lipinski definition) is 5. The van der Waals surface area contributed by atoms with Crippen molar-refractivity contribution in [1.82, 2.24) is 34.7 Å². The third kappa shape index (κ3) is 5.96. The summed E-state index contributed by atoms with van der Waals surface area (Å²) in [6.07, 6.45) is 16.1. The molecule has 0 aliphatic heterocycles. The first-order chi connectivity index (χ1) is 19.4. The Balaban J connectivity index is 1.58. The predicted molar refractivity (Wildman–Crippen MR) is 159 cm³/mol. The largest absolute Gasteiger partial charge is 0.328 e. The number of imidazole rings is 1. The van der Waals surface area contributed by atoms with E-state index in [-0.39, 0.29) is 17.1 Å². The van der Waals surface area contributed by atoms with Crippen molar-refractivity contribution < 1.29 is 0 Å². The van der Waals surface area contributed by atoms with E-state index < -0.39 is 0 Å². The maximum absolute atomic E-state index is 14.3. The van der Waals surface area contributed by atoms with Crippen LogP contribution in [-0.4, -0.2) is 34.7 Å². The number of pyridine rings is 1. The van der Waals surface area contributed by atoms with Gasteiger partial charge in [-0.05, 0) is 65.0 Å². The van der Waals surface area contributed by atoms with Gasteiger partial charge in [-0.3, -0.25) is 14.1 Å². The molecule has 1 aromatic carbocycles. The lowest BCUT2D eigenvalue weighted by Crippen LogP contribution is -2.37. The Morgan fingerprint density at radius 2 is 1.77 bits per heavy atom. The number of unbranched alkanes of at least 4 members (excludes halogenated alkanes) is 1. The molecule has 0 spiro atoms. The topological polar surface area (TPSA) is 94.3 Å². The van der Waals surface area contributed by atoms with E-state index in [2.05, 4.69) is 70.1 Å². The molecule has 40 heavy (non-hydrogen) atoms. The Morgan fingerprint density at radius 1 is 1.00 bits per heavy atom. The highest BCUT2D eigenvalue weighted by Gasteiger charge is 2.35. The lowest BCUT2D eigenvalue weighted by molar-refractivity contribution is 0.126. The highest BCUT2D eigenvalue weighted by atomic mass is 16.1. The van der Waals surface area contributed by atoms with Crippen LogP contribution in [0.5, 0.6) is 0 Å². The van der Waals surface area contributed by atoms with E-state index >= 15 is 0 Å². The lowest BCUT2D eigenvalue weighted by Gasteiger charge is -2.39. The van der Waals surface area contributed by atoms with Crippen LogP contribution in [0.1, 0.15) is 96.4 Å². The second-order valence-corrected chi connectivity index (χ2v) is 12.3. The van der Waals surface area contributed by atoms with Crippen LogP contribution in [-0.2, 0) is 13.0 Å². The van der Waals surface area contributed by atoms with Crippen LogP contribution in [0.3, 0.4) is 0 Å². The number of tetrazole rings is 1. The molecule has 212 valence electrons. The number of nitrogens with one attached hydrogen (secondary N) is 1. The number of aromatic amines is 1. The number of aryl methyl sites for hydroxylation is 1. The van der Waals surface area contributed by atoms with Crippen molar-refractivity contribution in [1.29, 1.82) is 0 Å². The molecule has 0 saturated heterocycles. The van der Waals surface area contributed by atoms with E-state index in [0.717, 1.165) is 53.6 Å². The molecule has 4 aromatic rings. The van der Waals surface area contributed by atoms with E-state index in [1.165, 1.54) is 32.1 Å². The first-order valence-electron chi connectivity index (χ1n) is 14.9. The summed E-state index contributed by atoms with van der Waals surface area (Å²) in [4.78, 5) is 18.8. The summed E-state index contributed by atoms with van der Waals surface area (Å²) in [5, 5.41) is 14.8. The van der Waals surface area contributed by atoms with Crippen molar-refractivity contribution in [3.8, 4) is 22.5 Å². The number of H-pyrrole nitrogens is 1. The SMILES string of the molecule is CCCCc1cn(C2CCCCCCC2C(C)(C)C)c(=O)n1Cc1cnccc1-c1ccccc1-c1nn[nH]n1. The maximum Gasteiger partial charge on any atom is 0.328 e. The molecule has 8 nitrogen and oxygen atoms in total. The van der Waals surface area contributed by atoms with Crippen molar-refractivity contribution in [2.75, 3.05) is 0 Å². The van der Waals surface area contributed by atoms with E-state index in [1.54, 1.807) is 6.20 Å². The van der Waals surface area contributed by atoms with Crippen LogP contribution < -0.4 is 5.69 Å². The van der Waals surface area contributed by atoms with Gasteiger partial charge in [-0.15, -0.1) is 10.2 Å². The van der Waals surface area contributed by atoms with Gasteiger partial charge >= 0.3 is 5.69 Å². The van der Waals surface area contributed by atoms with Gasteiger partial charge in [0, 0.05) is 35.9 Å². The molecule has 1 aliphatic rings. The number of hydrogen-bond donors (Lipinski definition) is 1. The first-order valence-corrected chi connectivity index (χ1v) is 14.9. The zero-order valence-corrected chi connectivity index (χ0v) is 24.4. The molecule has 8 heteroatoms. The fourth-order valence-corrected chi connectivity index (χ4v) is 6.49. The standard InChI is InChI=1S/C32H43N7O/c1-5-6-13-24-22-39(29-17-10-8-7-9-16-28(29)32(2,3)4)31(40)38(24)21-23-20-33-19-18-25(23)26-14-11-12-15-27(26)30-34-36-37-35-30/h11-12,14-15,18-20,22,28-29H,5-10,13,16-17,21H2,1-4H3,(H,34,35,36,37). The van der Waals surface area contributed by atoms with Crippen molar-refractivity contribution in [2.24, 2.45) is 11.3 Å². The quantitative estimate of drug-likeness (QED) is 0.263. The average molecular weight is 542 g/mol. The molecule has 3 heterocycles. The number of benzene rings is 1. The number of nitrogens with zero attached hydrogens (tertiary/aromatic N) is 6. The molecule has 0 amide bonds. The third-order valence-corrected chi connectivity index (χ3v) is 8.61. The zero-order chi connectivity index (χ0) is 28.1. The van der Waals surface area contributed by atoms with Gasteiger partial charge in [-0.1, -0.05) is 84.1 Å². The molecule has 0 bridgehead atoms. The molecule has 1 N–H and O–H groups in total. The third-order valence-electron chi connectivity index (χ3n) is 8.61. The molecule has 5 rings (SSSR count). The second kappa shape index (κ2) is 12.3. The summed E-state index contributed by atoms with van der Waals surface area (Å²) in [5.74, 6) is 1.01. The van der Waals surface area contributed by atoms with Gasteiger partial charge in [0.25, 0.3) is 0 Å². The minimum absolute atomic E-state index is 0.104. The van der Waals surface area contributed by atoms with Gasteiger partial charge in [0.15, 0.2) is 0 Å². The molecular weight excluding hydrogens is 498 g/mol. The van der Waals surface area contributed by atoms with Gasteiger partial charge in [-0.25, -0.2) is 4.79 Å². The van der Waals surface area contributed by atoms with E-state index in [9.17, 15) is 4.79 Å². The van der Waals surface area contributed by atoms with Crippen LogP contribution >= 0.6 is 0 Å². The second-order valence-electron chi connectivity index (χ2n) is 12.3. The minimum Gasteiger partial charge on any atom is -0.296 e. The molecule has 1 fully saturated rings. The molecule has 3 aromatic heterocycles.